The quantitative estimate of drug-likeness (QED) is 0.758. The van der Waals surface area contributed by atoms with Crippen LogP contribution in [-0.2, 0) is 0 Å². The Balaban J connectivity index is 0.00000128. The van der Waals surface area contributed by atoms with Crippen molar-refractivity contribution in [2.45, 2.75) is 0 Å². The lowest BCUT2D eigenvalue weighted by Gasteiger charge is -2.04. The molecule has 0 heterocycles. The molecule has 0 spiro atoms. The van der Waals surface area contributed by atoms with E-state index in [1.54, 1.807) is 24.3 Å². The highest BCUT2D eigenvalue weighted by molar-refractivity contribution is 5.85. The van der Waals surface area contributed by atoms with Crippen LogP contribution in [0.4, 0.5) is 14.5 Å². The van der Waals surface area contributed by atoms with E-state index in [1.165, 1.54) is 18.2 Å². The summed E-state index contributed by atoms with van der Waals surface area (Å²) in [6.45, 7) is 0. The van der Waals surface area contributed by atoms with E-state index in [-0.39, 0.29) is 23.9 Å². The topological polar surface area (TPSA) is 26.0 Å². The van der Waals surface area contributed by atoms with E-state index in [1.807, 2.05) is 0 Å². The summed E-state index contributed by atoms with van der Waals surface area (Å²) in [5.41, 5.74) is 6.26. The second-order valence-corrected chi connectivity index (χ2v) is 3.22. The lowest BCUT2D eigenvalue weighted by molar-refractivity contribution is 0.627. The first-order valence-electron chi connectivity index (χ1n) is 4.48. The van der Waals surface area contributed by atoms with Gasteiger partial charge in [0.1, 0.15) is 11.6 Å². The van der Waals surface area contributed by atoms with Crippen LogP contribution in [0.5, 0.6) is 0 Å². The monoisotopic (exact) mass is 241 g/mol. The maximum Gasteiger partial charge on any atom is 0.146 e. The fourth-order valence-electron chi connectivity index (χ4n) is 1.39. The van der Waals surface area contributed by atoms with E-state index >= 15 is 0 Å². The Kier molecular flexibility index (Phi) is 3.85. The molecule has 0 saturated heterocycles. The van der Waals surface area contributed by atoms with Crippen LogP contribution in [0, 0.1) is 11.6 Å². The van der Waals surface area contributed by atoms with E-state index in [0.29, 0.717) is 11.1 Å². The molecular weight excluding hydrogens is 232 g/mol. The molecule has 0 aliphatic rings. The second-order valence-electron chi connectivity index (χ2n) is 3.22. The maximum absolute atomic E-state index is 13.4. The summed E-state index contributed by atoms with van der Waals surface area (Å²) in [4.78, 5) is 0. The largest absolute Gasteiger partial charge is 0.396 e. The van der Waals surface area contributed by atoms with Crippen LogP contribution < -0.4 is 5.73 Å². The van der Waals surface area contributed by atoms with Gasteiger partial charge in [0.25, 0.3) is 0 Å². The molecule has 0 amide bonds. The molecule has 16 heavy (non-hydrogen) atoms. The highest BCUT2D eigenvalue weighted by Crippen LogP contribution is 2.24. The number of anilines is 1. The number of benzene rings is 2. The highest BCUT2D eigenvalue weighted by Gasteiger charge is 2.06. The predicted octanol–water partition coefficient (Wildman–Crippen LogP) is 3.64. The van der Waals surface area contributed by atoms with Crippen molar-refractivity contribution in [2.24, 2.45) is 0 Å². The molecule has 0 bridgehead atoms. The number of hydrogen-bond donors (Lipinski definition) is 1. The molecule has 0 unspecified atom stereocenters. The van der Waals surface area contributed by atoms with Gasteiger partial charge in [-0.2, -0.15) is 0 Å². The Hall–Kier alpha value is -1.61. The van der Waals surface area contributed by atoms with Crippen molar-refractivity contribution in [2.75, 3.05) is 5.73 Å². The number of halogens is 3. The van der Waals surface area contributed by atoms with Crippen LogP contribution in [0.2, 0.25) is 0 Å². The standard InChI is InChI=1S/C12H9F2N.ClH/c13-10-4-2-1-3-9(10)8-5-6-12(15)11(14)7-8;/h1-7H,15H2;1H. The van der Waals surface area contributed by atoms with Crippen molar-refractivity contribution >= 4 is 18.1 Å². The van der Waals surface area contributed by atoms with Gasteiger partial charge < -0.3 is 5.73 Å². The summed E-state index contributed by atoms with van der Waals surface area (Å²) in [6, 6.07) is 10.5. The predicted molar refractivity (Wildman–Crippen MR) is 63.5 cm³/mol. The number of rotatable bonds is 1. The Morgan fingerprint density at radius 1 is 0.875 bits per heavy atom. The van der Waals surface area contributed by atoms with E-state index in [2.05, 4.69) is 0 Å². The van der Waals surface area contributed by atoms with Crippen molar-refractivity contribution in [3.8, 4) is 11.1 Å². The van der Waals surface area contributed by atoms with Crippen LogP contribution in [0.3, 0.4) is 0 Å². The average molecular weight is 242 g/mol. The molecule has 0 atom stereocenters. The van der Waals surface area contributed by atoms with Crippen LogP contribution in [-0.4, -0.2) is 0 Å². The summed E-state index contributed by atoms with van der Waals surface area (Å²) in [5, 5.41) is 0. The third-order valence-corrected chi connectivity index (χ3v) is 2.19. The van der Waals surface area contributed by atoms with Gasteiger partial charge >= 0.3 is 0 Å². The molecule has 2 rings (SSSR count). The van der Waals surface area contributed by atoms with E-state index in [4.69, 9.17) is 5.73 Å². The van der Waals surface area contributed by atoms with Gasteiger partial charge in [0.05, 0.1) is 5.69 Å². The van der Waals surface area contributed by atoms with Crippen molar-refractivity contribution in [3.63, 3.8) is 0 Å². The van der Waals surface area contributed by atoms with Gasteiger partial charge in [-0.1, -0.05) is 24.3 Å². The van der Waals surface area contributed by atoms with Gasteiger partial charge in [0.15, 0.2) is 0 Å². The minimum Gasteiger partial charge on any atom is -0.396 e. The minimum absolute atomic E-state index is 0. The second kappa shape index (κ2) is 4.94. The Bertz CT molecular complexity index is 500. The zero-order valence-electron chi connectivity index (χ0n) is 8.28. The third-order valence-electron chi connectivity index (χ3n) is 2.19. The van der Waals surface area contributed by atoms with Crippen LogP contribution >= 0.6 is 12.4 Å². The van der Waals surface area contributed by atoms with Crippen LogP contribution in [0.1, 0.15) is 0 Å². The molecule has 2 aromatic rings. The first-order chi connectivity index (χ1) is 7.18. The molecule has 4 heteroatoms. The van der Waals surface area contributed by atoms with Crippen molar-refractivity contribution < 1.29 is 8.78 Å². The summed E-state index contributed by atoms with van der Waals surface area (Å²) in [7, 11) is 0. The highest BCUT2D eigenvalue weighted by atomic mass is 35.5. The maximum atomic E-state index is 13.4. The number of nitrogen functional groups attached to an aromatic ring is 1. The molecule has 0 aliphatic heterocycles. The normalized spacial score (nSPS) is 9.62. The number of hydrogen-bond acceptors (Lipinski definition) is 1. The van der Waals surface area contributed by atoms with E-state index in [9.17, 15) is 8.78 Å². The van der Waals surface area contributed by atoms with Crippen LogP contribution in [0.15, 0.2) is 42.5 Å². The van der Waals surface area contributed by atoms with Gasteiger partial charge in [-0.25, -0.2) is 8.78 Å². The zero-order chi connectivity index (χ0) is 10.8. The Morgan fingerprint density at radius 3 is 2.19 bits per heavy atom. The number of nitrogens with two attached hydrogens (primary N) is 1. The average Bonchev–Trinajstić information content (AvgIpc) is 2.23. The molecule has 2 aromatic carbocycles. The van der Waals surface area contributed by atoms with Crippen molar-refractivity contribution in [1.82, 2.24) is 0 Å². The van der Waals surface area contributed by atoms with Gasteiger partial charge in [-0.3, -0.25) is 0 Å². The lowest BCUT2D eigenvalue weighted by atomic mass is 10.0. The third kappa shape index (κ3) is 2.31. The van der Waals surface area contributed by atoms with Crippen molar-refractivity contribution in [3.05, 3.63) is 54.1 Å². The summed E-state index contributed by atoms with van der Waals surface area (Å²) in [6.07, 6.45) is 0. The van der Waals surface area contributed by atoms with Crippen molar-refractivity contribution in [1.29, 1.82) is 0 Å². The van der Waals surface area contributed by atoms with Gasteiger partial charge in [0.2, 0.25) is 0 Å². The molecule has 0 saturated carbocycles. The molecular formula is C12H10ClF2N. The smallest absolute Gasteiger partial charge is 0.146 e. The summed E-state index contributed by atoms with van der Waals surface area (Å²) in [5.74, 6) is -0.905. The minimum atomic E-state index is -0.532. The molecule has 0 aliphatic carbocycles. The molecule has 0 aromatic heterocycles. The van der Waals surface area contributed by atoms with E-state index < -0.39 is 5.82 Å². The Morgan fingerprint density at radius 2 is 1.56 bits per heavy atom. The fraction of sp³-hybridized carbons (Fsp3) is 0. The zero-order valence-corrected chi connectivity index (χ0v) is 9.10. The SMILES string of the molecule is Cl.Nc1ccc(-c2ccccc2F)cc1F. The molecule has 0 radical (unpaired) electrons. The lowest BCUT2D eigenvalue weighted by Crippen LogP contribution is -1.91. The molecule has 0 fully saturated rings. The summed E-state index contributed by atoms with van der Waals surface area (Å²) < 4.78 is 26.5. The van der Waals surface area contributed by atoms with Gasteiger partial charge in [0, 0.05) is 5.56 Å². The Labute approximate surface area is 98.3 Å². The molecule has 1 nitrogen and oxygen atoms in total. The summed E-state index contributed by atoms with van der Waals surface area (Å²) >= 11 is 0. The first kappa shape index (κ1) is 12.5. The molecule has 84 valence electrons. The first-order valence-corrected chi connectivity index (χ1v) is 4.48. The van der Waals surface area contributed by atoms with Crippen LogP contribution in [0.25, 0.3) is 11.1 Å². The van der Waals surface area contributed by atoms with Gasteiger partial charge in [-0.05, 0) is 23.8 Å². The van der Waals surface area contributed by atoms with Gasteiger partial charge in [-0.15, -0.1) is 12.4 Å². The molecule has 2 N–H and O–H groups in total. The fourth-order valence-corrected chi connectivity index (χ4v) is 1.39. The van der Waals surface area contributed by atoms with E-state index in [0.717, 1.165) is 0 Å².